The molecule has 1 fully saturated rings. The topological polar surface area (TPSA) is 79.0 Å². The fraction of sp³-hybridized carbons (Fsp3) is 0.312. The van der Waals surface area contributed by atoms with Crippen molar-refractivity contribution in [2.45, 2.75) is 13.8 Å². The molecule has 1 N–H and O–H groups in total. The zero-order valence-electron chi connectivity index (χ0n) is 13.3. The number of barbiturate groups is 1. The lowest BCUT2D eigenvalue weighted by molar-refractivity contribution is -0.122. The maximum atomic E-state index is 12.6. The molecule has 1 heterocycles. The maximum Gasteiger partial charge on any atom is 0.335 e. The molecule has 1 aliphatic rings. The second-order valence-corrected chi connectivity index (χ2v) is 4.86. The first-order valence-corrected chi connectivity index (χ1v) is 7.31. The third-order valence-electron chi connectivity index (χ3n) is 3.56. The molecule has 4 amide bonds. The summed E-state index contributed by atoms with van der Waals surface area (Å²) in [6, 6.07) is 5.68. The Bertz CT molecular complexity index is 648. The van der Waals surface area contributed by atoms with E-state index in [4.69, 9.17) is 4.74 Å². The maximum absolute atomic E-state index is 12.6. The third-order valence-corrected chi connectivity index (χ3v) is 3.56. The summed E-state index contributed by atoms with van der Waals surface area (Å²) < 4.78 is 5.05. The zero-order chi connectivity index (χ0) is 17.0. The van der Waals surface area contributed by atoms with Crippen molar-refractivity contribution in [3.63, 3.8) is 0 Å². The van der Waals surface area contributed by atoms with Gasteiger partial charge in [0.2, 0.25) is 0 Å². The van der Waals surface area contributed by atoms with Crippen molar-refractivity contribution >= 4 is 23.5 Å². The van der Waals surface area contributed by atoms with E-state index in [1.807, 2.05) is 18.7 Å². The lowest BCUT2D eigenvalue weighted by Crippen LogP contribution is -2.54. The summed E-state index contributed by atoms with van der Waals surface area (Å²) >= 11 is 0. The normalized spacial score (nSPS) is 16.6. The van der Waals surface area contributed by atoms with Gasteiger partial charge in [0.05, 0.1) is 12.8 Å². The van der Waals surface area contributed by atoms with Crippen molar-refractivity contribution in [2.24, 2.45) is 0 Å². The molecule has 0 aliphatic carbocycles. The highest BCUT2D eigenvalue weighted by molar-refractivity contribution is 6.37. The van der Waals surface area contributed by atoms with E-state index in [1.54, 1.807) is 24.3 Å². The second kappa shape index (κ2) is 6.95. The first-order chi connectivity index (χ1) is 11.0. The molecule has 1 saturated heterocycles. The van der Waals surface area contributed by atoms with E-state index in [2.05, 4.69) is 5.32 Å². The molecular weight excluding hydrogens is 298 g/mol. The lowest BCUT2D eigenvalue weighted by atomic mass is 10.1. The fourth-order valence-corrected chi connectivity index (χ4v) is 2.20. The Morgan fingerprint density at radius 3 is 2.26 bits per heavy atom. The summed E-state index contributed by atoms with van der Waals surface area (Å²) in [6.07, 6.45) is 1.49. The van der Waals surface area contributed by atoms with Crippen LogP contribution in [-0.2, 0) is 9.59 Å². The fourth-order valence-electron chi connectivity index (χ4n) is 2.20. The van der Waals surface area contributed by atoms with Crippen LogP contribution in [0.3, 0.4) is 0 Å². The van der Waals surface area contributed by atoms with Crippen molar-refractivity contribution in [1.29, 1.82) is 0 Å². The van der Waals surface area contributed by atoms with E-state index >= 15 is 0 Å². The standard InChI is InChI=1S/C16H19N3O4/c1-4-18(5-2)10-13-14(20)17-16(22)19(15(13)21)11-6-8-12(23-3)9-7-11/h6-10H,4-5H2,1-3H3,(H,17,20,22)/b13-10-. The summed E-state index contributed by atoms with van der Waals surface area (Å²) in [6.45, 7) is 5.13. The zero-order valence-corrected chi connectivity index (χ0v) is 13.3. The van der Waals surface area contributed by atoms with E-state index in [9.17, 15) is 14.4 Å². The van der Waals surface area contributed by atoms with Gasteiger partial charge in [-0.15, -0.1) is 0 Å². The molecule has 0 radical (unpaired) electrons. The molecule has 1 aliphatic heterocycles. The summed E-state index contributed by atoms with van der Waals surface area (Å²) in [5.74, 6) is -0.721. The number of imide groups is 2. The summed E-state index contributed by atoms with van der Waals surface area (Å²) in [5.41, 5.74) is 0.301. The highest BCUT2D eigenvalue weighted by atomic mass is 16.5. The number of nitrogens with one attached hydrogen (secondary N) is 1. The van der Waals surface area contributed by atoms with Gasteiger partial charge >= 0.3 is 6.03 Å². The van der Waals surface area contributed by atoms with Crippen LogP contribution < -0.4 is 15.0 Å². The second-order valence-electron chi connectivity index (χ2n) is 4.86. The van der Waals surface area contributed by atoms with Gasteiger partial charge in [0.25, 0.3) is 11.8 Å². The smallest absolute Gasteiger partial charge is 0.335 e. The summed E-state index contributed by atoms with van der Waals surface area (Å²) in [4.78, 5) is 39.3. The Balaban J connectivity index is 2.37. The number of methoxy groups -OCH3 is 1. The molecule has 0 bridgehead atoms. The van der Waals surface area contributed by atoms with Crippen molar-refractivity contribution in [3.05, 3.63) is 36.0 Å². The number of urea groups is 1. The minimum Gasteiger partial charge on any atom is -0.497 e. The largest absolute Gasteiger partial charge is 0.497 e. The predicted octanol–water partition coefficient (Wildman–Crippen LogP) is 1.50. The monoisotopic (exact) mass is 317 g/mol. The van der Waals surface area contributed by atoms with Crippen molar-refractivity contribution < 1.29 is 19.1 Å². The van der Waals surface area contributed by atoms with Gasteiger partial charge in [-0.25, -0.2) is 9.69 Å². The first kappa shape index (κ1) is 16.5. The van der Waals surface area contributed by atoms with Gasteiger partial charge in [-0.05, 0) is 38.1 Å². The molecule has 0 aromatic heterocycles. The van der Waals surface area contributed by atoms with Crippen LogP contribution in [-0.4, -0.2) is 42.9 Å². The average molecular weight is 317 g/mol. The highest BCUT2D eigenvalue weighted by Gasteiger charge is 2.37. The third kappa shape index (κ3) is 3.33. The molecule has 122 valence electrons. The molecule has 0 spiro atoms. The molecule has 0 saturated carbocycles. The molecule has 0 atom stereocenters. The molecule has 1 aromatic rings. The Morgan fingerprint density at radius 1 is 1.13 bits per heavy atom. The number of hydrogen-bond donors (Lipinski definition) is 1. The number of benzene rings is 1. The van der Waals surface area contributed by atoms with Crippen LogP contribution in [0.15, 0.2) is 36.0 Å². The van der Waals surface area contributed by atoms with E-state index in [0.29, 0.717) is 24.5 Å². The SMILES string of the molecule is CCN(/C=C1/C(=O)NC(=O)N(c2ccc(OC)cc2)C1=O)CC. The van der Waals surface area contributed by atoms with E-state index in [0.717, 1.165) is 4.90 Å². The quantitative estimate of drug-likeness (QED) is 0.658. The molecule has 0 unspecified atom stereocenters. The van der Waals surface area contributed by atoms with E-state index < -0.39 is 17.8 Å². The lowest BCUT2D eigenvalue weighted by Gasteiger charge is -2.27. The minimum atomic E-state index is -0.762. The van der Waals surface area contributed by atoms with Crippen molar-refractivity contribution in [1.82, 2.24) is 10.2 Å². The average Bonchev–Trinajstić information content (AvgIpc) is 2.55. The predicted molar refractivity (Wildman–Crippen MR) is 85.0 cm³/mol. The van der Waals surface area contributed by atoms with Crippen molar-refractivity contribution in [2.75, 3.05) is 25.1 Å². The Morgan fingerprint density at radius 2 is 1.74 bits per heavy atom. The molecule has 2 rings (SSSR count). The number of rotatable bonds is 5. The minimum absolute atomic E-state index is 0.0656. The van der Waals surface area contributed by atoms with Gasteiger partial charge in [0.1, 0.15) is 11.3 Å². The van der Waals surface area contributed by atoms with Crippen LogP contribution in [0, 0.1) is 0 Å². The Kier molecular flexibility index (Phi) is 5.00. The number of nitrogens with zero attached hydrogens (tertiary/aromatic N) is 2. The number of carbonyl (C=O) groups excluding carboxylic acids is 3. The number of ether oxygens (including phenoxy) is 1. The van der Waals surface area contributed by atoms with Crippen LogP contribution in [0.2, 0.25) is 0 Å². The van der Waals surface area contributed by atoms with Crippen LogP contribution in [0.25, 0.3) is 0 Å². The van der Waals surface area contributed by atoms with Gasteiger partial charge < -0.3 is 9.64 Å². The Hall–Kier alpha value is -2.83. The number of anilines is 1. The number of amides is 4. The molecule has 1 aromatic carbocycles. The Labute approximate surface area is 134 Å². The van der Waals surface area contributed by atoms with Crippen LogP contribution >= 0.6 is 0 Å². The first-order valence-electron chi connectivity index (χ1n) is 7.31. The van der Waals surface area contributed by atoms with Gasteiger partial charge in [0, 0.05) is 19.3 Å². The van der Waals surface area contributed by atoms with Gasteiger partial charge in [-0.3, -0.25) is 14.9 Å². The highest BCUT2D eigenvalue weighted by Crippen LogP contribution is 2.23. The van der Waals surface area contributed by atoms with Gasteiger partial charge in [-0.2, -0.15) is 0 Å². The van der Waals surface area contributed by atoms with Crippen LogP contribution in [0.5, 0.6) is 5.75 Å². The molecular formula is C16H19N3O4. The summed E-state index contributed by atoms with van der Waals surface area (Å²) in [7, 11) is 1.53. The van der Waals surface area contributed by atoms with E-state index in [1.165, 1.54) is 13.3 Å². The van der Waals surface area contributed by atoms with Crippen LogP contribution in [0.1, 0.15) is 13.8 Å². The number of carbonyl (C=O) groups is 3. The molecule has 7 nitrogen and oxygen atoms in total. The summed E-state index contributed by atoms with van der Waals surface area (Å²) in [5, 5.41) is 2.19. The molecule has 23 heavy (non-hydrogen) atoms. The van der Waals surface area contributed by atoms with Crippen LogP contribution in [0.4, 0.5) is 10.5 Å². The number of hydrogen-bond acceptors (Lipinski definition) is 5. The van der Waals surface area contributed by atoms with Gasteiger partial charge in [0.15, 0.2) is 0 Å². The van der Waals surface area contributed by atoms with E-state index in [-0.39, 0.29) is 5.57 Å². The van der Waals surface area contributed by atoms with Gasteiger partial charge in [-0.1, -0.05) is 0 Å². The van der Waals surface area contributed by atoms with Crippen molar-refractivity contribution in [3.8, 4) is 5.75 Å². The molecule has 7 heteroatoms.